The van der Waals surface area contributed by atoms with Gasteiger partial charge in [-0.1, -0.05) is 25.1 Å². The molecule has 0 amide bonds. The average molecular weight is 220 g/mol. The number of rotatable bonds is 5. The second kappa shape index (κ2) is 5.71. The minimum absolute atomic E-state index is 0.101. The maximum Gasteiger partial charge on any atom is 0.139 e. The van der Waals surface area contributed by atoms with E-state index in [0.29, 0.717) is 20.8 Å². The Bertz CT molecular complexity index is 334. The van der Waals surface area contributed by atoms with Crippen molar-refractivity contribution < 1.29 is 9.53 Å². The summed E-state index contributed by atoms with van der Waals surface area (Å²) in [5.74, 6) is 0.707. The van der Waals surface area contributed by atoms with Gasteiger partial charge in [-0.3, -0.25) is 0 Å². The number of ether oxygens (including phenoxy) is 1. The van der Waals surface area contributed by atoms with Crippen molar-refractivity contribution in [2.75, 3.05) is 0 Å². The van der Waals surface area contributed by atoms with Crippen molar-refractivity contribution in [1.29, 1.82) is 0 Å². The lowest BCUT2D eigenvalue weighted by atomic mass is 10.2. The third kappa shape index (κ3) is 3.51. The summed E-state index contributed by atoms with van der Waals surface area (Å²) < 4.78 is 5.60. The molecule has 1 aromatic rings. The van der Waals surface area contributed by atoms with E-state index in [0.717, 1.165) is 6.04 Å². The fraction of sp³-hybridized carbons (Fsp3) is 0.417. The Morgan fingerprint density at radius 1 is 1.40 bits per heavy atom. The van der Waals surface area contributed by atoms with E-state index < -0.39 is 0 Å². The Morgan fingerprint density at radius 2 is 2.07 bits per heavy atom. The van der Waals surface area contributed by atoms with Crippen LogP contribution in [0.15, 0.2) is 24.3 Å². The molecule has 2 nitrogen and oxygen atoms in total. The van der Waals surface area contributed by atoms with Crippen LogP contribution in [0.5, 0.6) is 5.75 Å². The number of hydrogen-bond acceptors (Lipinski definition) is 2. The predicted octanol–water partition coefficient (Wildman–Crippen LogP) is 2.76. The Kier molecular flexibility index (Phi) is 4.56. The van der Waals surface area contributed by atoms with Crippen molar-refractivity contribution in [3.05, 3.63) is 29.8 Å². The number of carbonyl (C=O) groups is 1. The van der Waals surface area contributed by atoms with Gasteiger partial charge in [0.2, 0.25) is 0 Å². The highest BCUT2D eigenvalue weighted by molar-refractivity contribution is 6.77. The van der Waals surface area contributed by atoms with Crippen molar-refractivity contribution in [2.24, 2.45) is 0 Å². The topological polar surface area (TPSA) is 26.3 Å². The van der Waals surface area contributed by atoms with Crippen LogP contribution in [-0.4, -0.2) is 21.0 Å². The first kappa shape index (κ1) is 12.0. The molecule has 15 heavy (non-hydrogen) atoms. The number of benzene rings is 1. The zero-order valence-electron chi connectivity index (χ0n) is 9.41. The Hall–Kier alpha value is -1.09. The van der Waals surface area contributed by atoms with E-state index in [1.165, 1.54) is 0 Å². The van der Waals surface area contributed by atoms with Gasteiger partial charge in [-0.05, 0) is 26.0 Å². The van der Waals surface area contributed by atoms with Gasteiger partial charge in [0, 0.05) is 0 Å². The molecule has 0 aromatic heterocycles. The molecule has 80 valence electrons. The zero-order valence-corrected chi connectivity index (χ0v) is 10.4. The van der Waals surface area contributed by atoms with Crippen LogP contribution in [-0.2, 0) is 0 Å². The summed E-state index contributed by atoms with van der Waals surface area (Å²) in [4.78, 5) is 11.8. The second-order valence-electron chi connectivity index (χ2n) is 3.52. The van der Waals surface area contributed by atoms with Gasteiger partial charge in [0.15, 0.2) is 0 Å². The van der Waals surface area contributed by atoms with Gasteiger partial charge in [-0.2, -0.15) is 0 Å². The highest BCUT2D eigenvalue weighted by atomic mass is 28.2. The number of para-hydroxylation sites is 1. The third-order valence-corrected chi connectivity index (χ3v) is 2.78. The molecular formula is C12H16O2Si. The van der Waals surface area contributed by atoms with Gasteiger partial charge in [0.25, 0.3) is 0 Å². The summed E-state index contributed by atoms with van der Waals surface area (Å²) >= 11 is 0. The summed E-state index contributed by atoms with van der Waals surface area (Å²) in [7, 11) is 0.340. The summed E-state index contributed by atoms with van der Waals surface area (Å²) in [6, 6.07) is 8.36. The van der Waals surface area contributed by atoms with E-state index in [1.807, 2.05) is 45.0 Å². The van der Waals surface area contributed by atoms with E-state index >= 15 is 0 Å². The van der Waals surface area contributed by atoms with Gasteiger partial charge in [0.05, 0.1) is 11.7 Å². The maximum atomic E-state index is 11.8. The minimum atomic E-state index is 0.101. The van der Waals surface area contributed by atoms with Crippen molar-refractivity contribution in [1.82, 2.24) is 0 Å². The average Bonchev–Trinajstić information content (AvgIpc) is 2.18. The fourth-order valence-corrected chi connectivity index (χ4v) is 1.98. The van der Waals surface area contributed by atoms with Crippen molar-refractivity contribution in [2.45, 2.75) is 32.9 Å². The van der Waals surface area contributed by atoms with Gasteiger partial charge in [-0.15, -0.1) is 0 Å². The molecule has 1 aromatic carbocycles. The Balaban J connectivity index is 2.90. The Morgan fingerprint density at radius 3 is 2.67 bits per heavy atom. The standard InChI is InChI=1S/C12H16O2Si/c1-4-15-12(13)10-7-5-6-8-11(10)14-9(2)3/h5-9H,4H2,1-3H3. The van der Waals surface area contributed by atoms with Crippen LogP contribution in [0, 0.1) is 0 Å². The molecule has 0 saturated heterocycles. The van der Waals surface area contributed by atoms with E-state index in [1.54, 1.807) is 0 Å². The van der Waals surface area contributed by atoms with Crippen LogP contribution in [0.1, 0.15) is 31.1 Å². The van der Waals surface area contributed by atoms with Gasteiger partial charge in [-0.25, -0.2) is 0 Å². The van der Waals surface area contributed by atoms with Crippen molar-refractivity contribution in [3.63, 3.8) is 0 Å². The summed E-state index contributed by atoms with van der Waals surface area (Å²) in [6.45, 7) is 5.94. The molecule has 0 heterocycles. The molecule has 0 bridgehead atoms. The monoisotopic (exact) mass is 220 g/mol. The normalized spacial score (nSPS) is 10.4. The molecular weight excluding hydrogens is 204 g/mol. The molecule has 0 aliphatic rings. The second-order valence-corrected chi connectivity index (χ2v) is 5.04. The third-order valence-electron chi connectivity index (χ3n) is 1.83. The molecule has 0 N–H and O–H groups in total. The van der Waals surface area contributed by atoms with Gasteiger partial charge >= 0.3 is 0 Å². The minimum Gasteiger partial charge on any atom is -0.490 e. The molecule has 0 spiro atoms. The molecule has 3 heteroatoms. The van der Waals surface area contributed by atoms with Crippen LogP contribution in [0.4, 0.5) is 0 Å². The fourth-order valence-electron chi connectivity index (χ4n) is 1.27. The number of hydrogen-bond donors (Lipinski definition) is 0. The summed E-state index contributed by atoms with van der Waals surface area (Å²) in [5, 5.41) is 0.189. The molecule has 1 rings (SSSR count). The van der Waals surface area contributed by atoms with E-state index in [-0.39, 0.29) is 11.5 Å². The van der Waals surface area contributed by atoms with Crippen LogP contribution >= 0.6 is 0 Å². The predicted molar refractivity (Wildman–Crippen MR) is 62.8 cm³/mol. The van der Waals surface area contributed by atoms with E-state index in [4.69, 9.17) is 4.74 Å². The van der Waals surface area contributed by atoms with Gasteiger partial charge < -0.3 is 9.53 Å². The van der Waals surface area contributed by atoms with Crippen LogP contribution in [0.25, 0.3) is 0 Å². The quantitative estimate of drug-likeness (QED) is 0.713. The molecule has 0 saturated carbocycles. The zero-order chi connectivity index (χ0) is 11.3. The lowest BCUT2D eigenvalue weighted by Crippen LogP contribution is -2.13. The first-order valence-corrected chi connectivity index (χ1v) is 6.39. The molecule has 2 radical (unpaired) electrons. The van der Waals surface area contributed by atoms with Crippen LogP contribution in [0.2, 0.25) is 6.04 Å². The highest BCUT2D eigenvalue weighted by Gasteiger charge is 2.12. The smallest absolute Gasteiger partial charge is 0.139 e. The largest absolute Gasteiger partial charge is 0.490 e. The lowest BCUT2D eigenvalue weighted by molar-refractivity contribution is 0.107. The van der Waals surface area contributed by atoms with Crippen molar-refractivity contribution in [3.8, 4) is 5.75 Å². The Labute approximate surface area is 93.5 Å². The van der Waals surface area contributed by atoms with Crippen LogP contribution < -0.4 is 4.74 Å². The molecule has 0 atom stereocenters. The maximum absolute atomic E-state index is 11.8. The van der Waals surface area contributed by atoms with E-state index in [9.17, 15) is 4.79 Å². The molecule has 0 unspecified atom stereocenters. The summed E-state index contributed by atoms with van der Waals surface area (Å²) in [6.07, 6.45) is 0.101. The summed E-state index contributed by atoms with van der Waals surface area (Å²) in [5.41, 5.74) is 0.714. The lowest BCUT2D eigenvalue weighted by Gasteiger charge is -2.12. The molecule has 0 aliphatic heterocycles. The molecule has 0 aliphatic carbocycles. The SMILES string of the molecule is CC[Si]C(=O)c1ccccc1OC(C)C. The van der Waals surface area contributed by atoms with Crippen molar-refractivity contribution >= 4 is 14.9 Å². The van der Waals surface area contributed by atoms with E-state index in [2.05, 4.69) is 0 Å². The van der Waals surface area contributed by atoms with Gasteiger partial charge in [0.1, 0.15) is 20.7 Å². The van der Waals surface area contributed by atoms with Crippen LogP contribution in [0.3, 0.4) is 0 Å². The number of carbonyl (C=O) groups excluding carboxylic acids is 1. The first-order valence-electron chi connectivity index (χ1n) is 5.19. The highest BCUT2D eigenvalue weighted by Crippen LogP contribution is 2.19. The molecule has 0 fully saturated rings. The first-order chi connectivity index (χ1) is 7.15.